The first-order chi connectivity index (χ1) is 18.8. The summed E-state index contributed by atoms with van der Waals surface area (Å²) in [6.45, 7) is 9.40. The van der Waals surface area contributed by atoms with Crippen LogP contribution in [-0.4, -0.2) is 69.8 Å². The summed E-state index contributed by atoms with van der Waals surface area (Å²) in [5.41, 5.74) is 15.4. The van der Waals surface area contributed by atoms with Crippen molar-refractivity contribution in [3.8, 4) is 0 Å². The number of rotatable bonds is 6. The van der Waals surface area contributed by atoms with Gasteiger partial charge in [-0.1, -0.05) is 26.8 Å². The largest absolute Gasteiger partial charge is 0.401 e. The molecular weight excluding hydrogens is 506 g/mol. The third kappa shape index (κ3) is 6.45. The number of anilines is 4. The van der Waals surface area contributed by atoms with Gasteiger partial charge < -0.3 is 31.9 Å². The Kier molecular flexibility index (Phi) is 8.19. The van der Waals surface area contributed by atoms with Gasteiger partial charge >= 0.3 is 0 Å². The fraction of sp³-hybridized carbons (Fsp3) is 0.429. The molecular formula is C28H39N11O. The Hall–Kier alpha value is -4.32. The molecule has 1 aliphatic heterocycles. The molecule has 1 saturated heterocycles. The number of allylic oxidation sites excluding steroid dienone is 1. The van der Waals surface area contributed by atoms with Crippen LogP contribution in [0, 0.1) is 17.7 Å². The van der Waals surface area contributed by atoms with Crippen molar-refractivity contribution >= 4 is 46.0 Å². The molecule has 0 unspecified atom stereocenters. The van der Waals surface area contributed by atoms with Crippen LogP contribution in [0.1, 0.15) is 49.5 Å². The van der Waals surface area contributed by atoms with Crippen molar-refractivity contribution in [1.29, 1.82) is 5.41 Å². The molecule has 12 nitrogen and oxygen atoms in total. The second-order valence-electron chi connectivity index (χ2n) is 11.4. The van der Waals surface area contributed by atoms with Gasteiger partial charge in [0.25, 0.3) is 5.91 Å². The van der Waals surface area contributed by atoms with Crippen molar-refractivity contribution in [3.05, 3.63) is 47.4 Å². The number of nitrogen functional groups attached to an aromatic ring is 1. The van der Waals surface area contributed by atoms with E-state index in [0.29, 0.717) is 45.8 Å². The average Bonchev–Trinajstić information content (AvgIpc) is 2.89. The minimum atomic E-state index is -0.423. The lowest BCUT2D eigenvalue weighted by atomic mass is 9.92. The van der Waals surface area contributed by atoms with Gasteiger partial charge in [-0.25, -0.2) is 15.0 Å². The van der Waals surface area contributed by atoms with Crippen LogP contribution in [0.4, 0.5) is 23.3 Å². The van der Waals surface area contributed by atoms with Crippen LogP contribution in [-0.2, 0) is 0 Å². The zero-order valence-electron chi connectivity index (χ0n) is 24.0. The number of piperidine rings is 1. The van der Waals surface area contributed by atoms with Crippen LogP contribution in [0.2, 0.25) is 0 Å². The van der Waals surface area contributed by atoms with Crippen molar-refractivity contribution in [2.45, 2.75) is 46.6 Å². The van der Waals surface area contributed by atoms with Crippen molar-refractivity contribution in [3.63, 3.8) is 0 Å². The summed E-state index contributed by atoms with van der Waals surface area (Å²) in [6.07, 6.45) is 4.89. The van der Waals surface area contributed by atoms with E-state index in [9.17, 15) is 4.79 Å². The summed E-state index contributed by atoms with van der Waals surface area (Å²) in [6, 6.07) is 5.76. The fourth-order valence-corrected chi connectivity index (χ4v) is 4.40. The monoisotopic (exact) mass is 545 g/mol. The number of aryl methyl sites for hydroxylation is 1. The Morgan fingerprint density at radius 2 is 1.85 bits per heavy atom. The standard InChI is InChI=1S/C28H39N11O/c1-16-7-8-17(26(40)35-21(30)14-20(29)28(2,3)4)13-19(16)34-25-23-22(32-15-33-25)24(31)37-27(36-23)39-11-9-18(10-12-39)38(5)6/h7-8,13-15,18H,9-12,29H2,1-6H3,(H2,30,35,40)(H2,31,36,37)(H,32,33,34). The Morgan fingerprint density at radius 3 is 2.50 bits per heavy atom. The smallest absolute Gasteiger partial charge is 0.256 e. The maximum Gasteiger partial charge on any atom is 0.256 e. The van der Waals surface area contributed by atoms with Gasteiger partial charge in [0.05, 0.1) is 0 Å². The predicted molar refractivity (Wildman–Crippen MR) is 160 cm³/mol. The van der Waals surface area contributed by atoms with Gasteiger partial charge in [-0.15, -0.1) is 0 Å². The number of fused-ring (bicyclic) bond motifs is 1. The summed E-state index contributed by atoms with van der Waals surface area (Å²) in [5.74, 6) is 0.784. The number of aromatic nitrogens is 4. The molecule has 1 aromatic carbocycles. The van der Waals surface area contributed by atoms with Gasteiger partial charge in [0.15, 0.2) is 11.6 Å². The number of nitrogens with one attached hydrogen (secondary N) is 3. The highest BCUT2D eigenvalue weighted by atomic mass is 16.1. The highest BCUT2D eigenvalue weighted by Crippen LogP contribution is 2.29. The lowest BCUT2D eigenvalue weighted by molar-refractivity contribution is 0.0977. The first-order valence-corrected chi connectivity index (χ1v) is 13.3. The number of hydrogen-bond acceptors (Lipinski definition) is 11. The molecule has 40 heavy (non-hydrogen) atoms. The minimum absolute atomic E-state index is 0.0800. The highest BCUT2D eigenvalue weighted by molar-refractivity contribution is 6.09. The number of hydrogen-bond donors (Lipinski definition) is 5. The number of nitrogens with zero attached hydrogens (tertiary/aromatic N) is 6. The van der Waals surface area contributed by atoms with Gasteiger partial charge in [0.1, 0.15) is 23.2 Å². The van der Waals surface area contributed by atoms with Crippen LogP contribution in [0.25, 0.3) is 11.0 Å². The van der Waals surface area contributed by atoms with Gasteiger partial charge in [0.2, 0.25) is 5.95 Å². The summed E-state index contributed by atoms with van der Waals surface area (Å²) >= 11 is 0. The Bertz CT molecular complexity index is 1450. The maximum absolute atomic E-state index is 12.9. The number of amides is 1. The first kappa shape index (κ1) is 28.7. The van der Waals surface area contributed by atoms with Crippen LogP contribution in [0.15, 0.2) is 36.3 Å². The van der Waals surface area contributed by atoms with Crippen molar-refractivity contribution in [2.24, 2.45) is 11.1 Å². The molecule has 1 aliphatic rings. The van der Waals surface area contributed by atoms with Crippen LogP contribution in [0.3, 0.4) is 0 Å². The van der Waals surface area contributed by atoms with Crippen LogP contribution >= 0.6 is 0 Å². The van der Waals surface area contributed by atoms with E-state index >= 15 is 0 Å². The lowest BCUT2D eigenvalue weighted by Gasteiger charge is -2.35. The third-order valence-corrected chi connectivity index (χ3v) is 7.14. The van der Waals surface area contributed by atoms with Crippen molar-refractivity contribution in [2.75, 3.05) is 43.1 Å². The molecule has 1 amide bonds. The van der Waals surface area contributed by atoms with Crippen molar-refractivity contribution in [1.82, 2.24) is 30.2 Å². The molecule has 3 aromatic rings. The zero-order valence-corrected chi connectivity index (χ0v) is 24.0. The Balaban J connectivity index is 1.59. The van der Waals surface area contributed by atoms with E-state index in [1.807, 2.05) is 33.8 Å². The van der Waals surface area contributed by atoms with Gasteiger partial charge in [-0.3, -0.25) is 10.2 Å². The van der Waals surface area contributed by atoms with E-state index in [1.165, 1.54) is 12.4 Å². The minimum Gasteiger partial charge on any atom is -0.401 e. The zero-order chi connectivity index (χ0) is 29.2. The molecule has 0 radical (unpaired) electrons. The SMILES string of the molecule is Cc1ccc(C(=O)NC(=N)C=C(N)C(C)(C)C)cc1Nc1ncnc2c(N)nc(N3CCC(N(C)C)CC3)nc12. The molecule has 1 fully saturated rings. The van der Waals surface area contributed by atoms with E-state index in [-0.39, 0.29) is 17.1 Å². The third-order valence-electron chi connectivity index (χ3n) is 7.14. The second-order valence-corrected chi connectivity index (χ2v) is 11.4. The van der Waals surface area contributed by atoms with E-state index in [1.54, 1.807) is 12.1 Å². The summed E-state index contributed by atoms with van der Waals surface area (Å²) in [5, 5.41) is 14.0. The lowest BCUT2D eigenvalue weighted by Crippen LogP contribution is -2.42. The summed E-state index contributed by atoms with van der Waals surface area (Å²) in [4.78, 5) is 35.4. The van der Waals surface area contributed by atoms with E-state index < -0.39 is 5.91 Å². The topological polar surface area (TPSA) is 175 Å². The molecule has 0 spiro atoms. The summed E-state index contributed by atoms with van der Waals surface area (Å²) in [7, 11) is 4.20. The van der Waals surface area contributed by atoms with Gasteiger partial charge in [0, 0.05) is 41.5 Å². The van der Waals surface area contributed by atoms with Crippen molar-refractivity contribution < 1.29 is 4.79 Å². The molecule has 0 saturated carbocycles. The van der Waals surface area contributed by atoms with Crippen LogP contribution < -0.4 is 27.0 Å². The molecule has 0 bridgehead atoms. The average molecular weight is 546 g/mol. The summed E-state index contributed by atoms with van der Waals surface area (Å²) < 4.78 is 0. The molecule has 4 rings (SSSR count). The number of benzene rings is 1. The number of carbonyl (C=O) groups is 1. The van der Waals surface area contributed by atoms with E-state index in [0.717, 1.165) is 31.5 Å². The highest BCUT2D eigenvalue weighted by Gasteiger charge is 2.24. The first-order valence-electron chi connectivity index (χ1n) is 13.3. The molecule has 2 aromatic heterocycles. The fourth-order valence-electron chi connectivity index (χ4n) is 4.40. The molecule has 12 heteroatoms. The second kappa shape index (κ2) is 11.4. The molecule has 7 N–H and O–H groups in total. The maximum atomic E-state index is 12.9. The van der Waals surface area contributed by atoms with Gasteiger partial charge in [-0.05, 0) is 57.6 Å². The molecule has 3 heterocycles. The Labute approximate surface area is 234 Å². The Morgan fingerprint density at radius 1 is 1.15 bits per heavy atom. The molecule has 0 atom stereocenters. The van der Waals surface area contributed by atoms with E-state index in [2.05, 4.69) is 49.5 Å². The number of carbonyl (C=O) groups excluding carboxylic acids is 1. The molecule has 212 valence electrons. The quantitative estimate of drug-likeness (QED) is 0.228. The number of amidine groups is 1. The number of nitrogens with two attached hydrogens (primary N) is 2. The van der Waals surface area contributed by atoms with E-state index in [4.69, 9.17) is 21.9 Å². The molecule has 0 aliphatic carbocycles. The normalized spacial score (nSPS) is 15.0. The predicted octanol–water partition coefficient (Wildman–Crippen LogP) is 3.18. The van der Waals surface area contributed by atoms with Crippen LogP contribution in [0.5, 0.6) is 0 Å². The van der Waals surface area contributed by atoms with Gasteiger partial charge in [-0.2, -0.15) is 4.98 Å².